The topological polar surface area (TPSA) is 36.9 Å². The number of halogens is 20. The summed E-state index contributed by atoms with van der Waals surface area (Å²) in [6, 6.07) is 21.1. The van der Waals surface area contributed by atoms with E-state index in [4.69, 9.17) is 10.1 Å². The third-order valence-electron chi connectivity index (χ3n) is 9.57. The first kappa shape index (κ1) is 46.2. The van der Waals surface area contributed by atoms with E-state index in [2.05, 4.69) is 6.07 Å². The lowest BCUT2D eigenvalue weighted by Crippen LogP contribution is -2.81. The number of fused-ring (bicyclic) bond motifs is 1. The van der Waals surface area contributed by atoms with Crippen molar-refractivity contribution in [3.63, 3.8) is 0 Å². The van der Waals surface area contributed by atoms with Crippen LogP contribution in [0.3, 0.4) is 0 Å². The molecule has 0 aliphatic heterocycles. The van der Waals surface area contributed by atoms with Crippen LogP contribution in [0.4, 0.5) is 87.8 Å². The number of aromatic nitrogens is 1. The van der Waals surface area contributed by atoms with Gasteiger partial charge < -0.3 is 0 Å². The third kappa shape index (κ3) is 7.03. The van der Waals surface area contributed by atoms with E-state index in [-0.39, 0.29) is 0 Å². The average Bonchev–Trinajstić information content (AvgIpc) is 3.29. The Labute approximate surface area is 342 Å². The molecule has 7 aromatic rings. The maximum Gasteiger partial charge on any atom is 0.265 e. The van der Waals surface area contributed by atoms with E-state index < -0.39 is 144 Å². The van der Waals surface area contributed by atoms with Gasteiger partial charge in [0.05, 0.1) is 17.0 Å². The Bertz CT molecular complexity index is 2720. The monoisotopic (exact) mass is 926 g/mol. The molecule has 0 atom stereocenters. The summed E-state index contributed by atoms with van der Waals surface area (Å²) in [4.78, 5) is 5.80. The minimum Gasteiger partial charge on any atom is -0.231 e. The molecule has 330 valence electrons. The molecule has 3 nitrogen and oxygen atoms in total. The Morgan fingerprint density at radius 3 is 0.953 bits per heavy atom. The van der Waals surface area contributed by atoms with Gasteiger partial charge in [0.2, 0.25) is 11.9 Å². The Morgan fingerprint density at radius 2 is 0.641 bits per heavy atom. The summed E-state index contributed by atoms with van der Waals surface area (Å²) in [5.74, 6) is -70.7. The van der Waals surface area contributed by atoms with Crippen LogP contribution in [0.2, 0.25) is 0 Å². The van der Waals surface area contributed by atoms with Crippen LogP contribution in [-0.2, 0) is 0 Å². The van der Waals surface area contributed by atoms with Crippen LogP contribution < -0.4 is 31.4 Å². The third-order valence-corrected chi connectivity index (χ3v) is 9.57. The molecule has 0 bridgehead atoms. The maximum atomic E-state index is 15.4. The minimum absolute atomic E-state index is 0.621. The number of rotatable bonds is 6. The standard InChI is InChI=1S/C24BF20.C16H11N2O/c26-5-1(6(27)14(35)21(42)13(5)34)25(2-7(28)15(36)22(43)16(37)8(2)29,3-9(30)17(38)23(44)18(39)10(3)31)4-11(32)19(40)24(45)20(41)12(4)33;17-12-13-7-9-15(10-8-13)19-18-11-3-5-14-4-1-2-6-16(14)18/h;1-11H/q-1;+1. The van der Waals surface area contributed by atoms with Crippen molar-refractivity contribution in [2.45, 2.75) is 0 Å². The van der Waals surface area contributed by atoms with Gasteiger partial charge in [-0.25, -0.2) is 92.6 Å². The van der Waals surface area contributed by atoms with Gasteiger partial charge in [0.25, 0.3) is 5.52 Å². The summed E-state index contributed by atoms with van der Waals surface area (Å²) in [5.41, 5.74) is -12.7. The molecule has 0 unspecified atom stereocenters. The molecule has 0 aliphatic carbocycles. The molecule has 6 aromatic carbocycles. The van der Waals surface area contributed by atoms with Crippen molar-refractivity contribution < 1.29 is 97.4 Å². The van der Waals surface area contributed by atoms with Crippen LogP contribution in [0.1, 0.15) is 5.56 Å². The second kappa shape index (κ2) is 17.1. The molecular weight excluding hydrogens is 915 g/mol. The molecule has 0 aliphatic rings. The Kier molecular flexibility index (Phi) is 12.3. The molecule has 0 spiro atoms. The zero-order valence-electron chi connectivity index (χ0n) is 30.3. The van der Waals surface area contributed by atoms with Crippen LogP contribution >= 0.6 is 0 Å². The predicted octanol–water partition coefficient (Wildman–Crippen LogP) is 8.69. The van der Waals surface area contributed by atoms with Crippen LogP contribution in [0.15, 0.2) is 66.9 Å². The fourth-order valence-corrected chi connectivity index (χ4v) is 6.79. The van der Waals surface area contributed by atoms with E-state index in [1.54, 1.807) is 29.0 Å². The normalized spacial score (nSPS) is 11.4. The molecule has 0 radical (unpaired) electrons. The van der Waals surface area contributed by atoms with E-state index in [1.165, 1.54) is 0 Å². The van der Waals surface area contributed by atoms with Crippen molar-refractivity contribution in [3.8, 4) is 11.8 Å². The zero-order chi connectivity index (χ0) is 47.4. The van der Waals surface area contributed by atoms with Gasteiger partial charge in [-0.1, -0.05) is 12.1 Å². The molecule has 64 heavy (non-hydrogen) atoms. The first-order chi connectivity index (χ1) is 30.1. The summed E-state index contributed by atoms with van der Waals surface area (Å²) in [5, 5.41) is 9.87. The number of hydrogen-bond donors (Lipinski definition) is 0. The Morgan fingerprint density at radius 1 is 0.359 bits per heavy atom. The van der Waals surface area contributed by atoms with Crippen molar-refractivity contribution in [1.82, 2.24) is 0 Å². The van der Waals surface area contributed by atoms with Crippen molar-refractivity contribution in [2.24, 2.45) is 0 Å². The smallest absolute Gasteiger partial charge is 0.231 e. The summed E-state index contributed by atoms with van der Waals surface area (Å²) in [6.07, 6.45) is -5.36. The first-order valence-electron chi connectivity index (χ1n) is 16.9. The lowest BCUT2D eigenvalue weighted by atomic mass is 9.12. The van der Waals surface area contributed by atoms with E-state index in [0.717, 1.165) is 10.9 Å². The molecule has 0 N–H and O–H groups in total. The van der Waals surface area contributed by atoms with Crippen LogP contribution in [0.25, 0.3) is 10.9 Å². The number of para-hydroxylation sites is 1. The SMILES string of the molecule is Fc1c(F)c(F)c([B-](c2c(F)c(F)c(F)c(F)c2F)(c2c(F)c(F)c(F)c(F)c2F)c2c(F)c(F)c(F)c(F)c2F)c(F)c1F.N#Cc1ccc(O[n+]2cccc3ccccc32)cc1. The zero-order valence-corrected chi connectivity index (χ0v) is 30.3. The van der Waals surface area contributed by atoms with Crippen LogP contribution in [0, 0.1) is 128 Å². The van der Waals surface area contributed by atoms with Crippen molar-refractivity contribution in [2.75, 3.05) is 0 Å². The van der Waals surface area contributed by atoms with E-state index in [0.29, 0.717) is 11.3 Å². The van der Waals surface area contributed by atoms with E-state index >= 15 is 35.1 Å². The highest BCUT2D eigenvalue weighted by Gasteiger charge is 2.52. The molecule has 7 rings (SSSR count). The van der Waals surface area contributed by atoms with Gasteiger partial charge in [0, 0.05) is 16.9 Å². The molecule has 0 saturated carbocycles. The molecule has 0 amide bonds. The largest absolute Gasteiger partial charge is 0.265 e. The molecule has 1 heterocycles. The molecule has 24 heteroatoms. The summed E-state index contributed by atoms with van der Waals surface area (Å²) < 4.78 is 296. The minimum atomic E-state index is -7.22. The highest BCUT2D eigenvalue weighted by molar-refractivity contribution is 7.20. The highest BCUT2D eigenvalue weighted by Crippen LogP contribution is 2.31. The fraction of sp³-hybridized carbons (Fsp3) is 0. The maximum absolute atomic E-state index is 15.4. The van der Waals surface area contributed by atoms with Gasteiger partial charge in [0.15, 0.2) is 69.8 Å². The second-order valence-corrected chi connectivity index (χ2v) is 12.9. The number of benzene rings is 6. The van der Waals surface area contributed by atoms with Crippen molar-refractivity contribution in [3.05, 3.63) is 189 Å². The predicted molar refractivity (Wildman–Crippen MR) is 181 cm³/mol. The Hall–Kier alpha value is -7.32. The lowest BCUT2D eigenvalue weighted by Gasteiger charge is -2.44. The lowest BCUT2D eigenvalue weighted by molar-refractivity contribution is -0.854. The van der Waals surface area contributed by atoms with Gasteiger partial charge in [-0.05, 0) is 36.4 Å². The van der Waals surface area contributed by atoms with E-state index in [1.807, 2.05) is 42.6 Å². The number of nitrogens with zero attached hydrogens (tertiary/aromatic N) is 2. The van der Waals surface area contributed by atoms with Crippen LogP contribution in [-0.4, -0.2) is 6.15 Å². The number of pyridine rings is 1. The molecule has 0 fully saturated rings. The van der Waals surface area contributed by atoms with Gasteiger partial charge in [-0.3, -0.25) is 0 Å². The first-order valence-corrected chi connectivity index (χ1v) is 16.9. The Balaban J connectivity index is 0.000000295. The number of nitriles is 1. The van der Waals surface area contributed by atoms with Gasteiger partial charge in [-0.15, -0.1) is 21.9 Å². The molecule has 0 saturated heterocycles. The quantitative estimate of drug-likeness (QED) is 0.0551. The van der Waals surface area contributed by atoms with Gasteiger partial charge in [-0.2, -0.15) is 5.26 Å². The van der Waals surface area contributed by atoms with Gasteiger partial charge in [0.1, 0.15) is 52.7 Å². The van der Waals surface area contributed by atoms with Crippen molar-refractivity contribution in [1.29, 1.82) is 5.26 Å². The van der Waals surface area contributed by atoms with Crippen molar-refractivity contribution >= 4 is 38.9 Å². The molecular formula is C40H11BF20N2O. The highest BCUT2D eigenvalue weighted by atomic mass is 19.2. The molecule has 1 aromatic heterocycles. The number of hydrogen-bond acceptors (Lipinski definition) is 2. The van der Waals surface area contributed by atoms with E-state index in [9.17, 15) is 52.7 Å². The van der Waals surface area contributed by atoms with Gasteiger partial charge >= 0.3 is 0 Å². The van der Waals surface area contributed by atoms with Crippen LogP contribution in [0.5, 0.6) is 5.75 Å². The fourth-order valence-electron chi connectivity index (χ4n) is 6.79. The summed E-state index contributed by atoms with van der Waals surface area (Å²) in [6.45, 7) is 0. The average molecular weight is 926 g/mol. The second-order valence-electron chi connectivity index (χ2n) is 12.9. The summed E-state index contributed by atoms with van der Waals surface area (Å²) >= 11 is 0. The summed E-state index contributed by atoms with van der Waals surface area (Å²) in [7, 11) is 0.